The lowest BCUT2D eigenvalue weighted by atomic mass is 9.77. The summed E-state index contributed by atoms with van der Waals surface area (Å²) in [6, 6.07) is 8.50. The summed E-state index contributed by atoms with van der Waals surface area (Å²) in [6.45, 7) is 0. The molecule has 1 saturated carbocycles. The summed E-state index contributed by atoms with van der Waals surface area (Å²) >= 11 is 0. The van der Waals surface area contributed by atoms with Crippen LogP contribution in [0.3, 0.4) is 0 Å². The van der Waals surface area contributed by atoms with Gasteiger partial charge < -0.3 is 5.11 Å². The van der Waals surface area contributed by atoms with E-state index in [1.807, 2.05) is 0 Å². The molecule has 1 aromatic rings. The Morgan fingerprint density at radius 3 is 2.67 bits per heavy atom. The second kappa shape index (κ2) is 6.74. The highest BCUT2D eigenvalue weighted by molar-refractivity contribution is 5.84. The molecule has 2 unspecified atom stereocenters. The number of hydrogen-bond acceptors (Lipinski definition) is 2. The van der Waals surface area contributed by atoms with Crippen molar-refractivity contribution in [2.24, 2.45) is 5.92 Å². The van der Waals surface area contributed by atoms with Gasteiger partial charge in [-0.05, 0) is 55.1 Å². The molecular formula is C19H26O2. The van der Waals surface area contributed by atoms with Crippen LogP contribution >= 0.6 is 0 Å². The lowest BCUT2D eigenvalue weighted by molar-refractivity contribution is -0.131. The normalized spacial score (nSPS) is 24.3. The average molecular weight is 286 g/mol. The predicted molar refractivity (Wildman–Crippen MR) is 84.3 cm³/mol. The first-order valence-electron chi connectivity index (χ1n) is 8.54. The van der Waals surface area contributed by atoms with Crippen molar-refractivity contribution in [1.29, 1.82) is 0 Å². The topological polar surface area (TPSA) is 37.3 Å². The molecule has 114 valence electrons. The number of benzene rings is 1. The molecule has 0 saturated heterocycles. The molecule has 1 aromatic carbocycles. The molecule has 2 atom stereocenters. The summed E-state index contributed by atoms with van der Waals surface area (Å²) in [5.74, 6) is 0.606. The number of carbonyl (C=O) groups excluding carboxylic acids is 1. The summed E-state index contributed by atoms with van der Waals surface area (Å²) in [6.07, 6.45) is 8.81. The minimum absolute atomic E-state index is 0.0728. The highest BCUT2D eigenvalue weighted by Gasteiger charge is 2.30. The van der Waals surface area contributed by atoms with Gasteiger partial charge in [0.1, 0.15) is 6.10 Å². The van der Waals surface area contributed by atoms with E-state index >= 15 is 0 Å². The van der Waals surface area contributed by atoms with Crippen molar-refractivity contribution in [3.05, 3.63) is 35.4 Å². The highest BCUT2D eigenvalue weighted by Crippen LogP contribution is 2.35. The van der Waals surface area contributed by atoms with Gasteiger partial charge in [-0.2, -0.15) is 0 Å². The van der Waals surface area contributed by atoms with Gasteiger partial charge >= 0.3 is 0 Å². The molecule has 0 spiro atoms. The van der Waals surface area contributed by atoms with Gasteiger partial charge in [0, 0.05) is 6.42 Å². The van der Waals surface area contributed by atoms with Crippen molar-refractivity contribution in [2.45, 2.75) is 69.8 Å². The molecule has 21 heavy (non-hydrogen) atoms. The van der Waals surface area contributed by atoms with E-state index in [-0.39, 0.29) is 11.7 Å². The van der Waals surface area contributed by atoms with Crippen LogP contribution in [0.5, 0.6) is 0 Å². The Bertz CT molecular complexity index is 488. The molecule has 0 bridgehead atoms. The van der Waals surface area contributed by atoms with E-state index in [1.165, 1.54) is 30.4 Å². The van der Waals surface area contributed by atoms with Gasteiger partial charge in [-0.15, -0.1) is 0 Å². The van der Waals surface area contributed by atoms with Crippen LogP contribution in [0.1, 0.15) is 68.4 Å². The molecule has 2 nitrogen and oxygen atoms in total. The van der Waals surface area contributed by atoms with Crippen molar-refractivity contribution < 1.29 is 9.90 Å². The molecule has 0 aromatic heterocycles. The van der Waals surface area contributed by atoms with Crippen LogP contribution in [0.25, 0.3) is 0 Å². The highest BCUT2D eigenvalue weighted by atomic mass is 16.3. The second-order valence-corrected chi connectivity index (χ2v) is 6.80. The smallest absolute Gasteiger partial charge is 0.162 e. The van der Waals surface area contributed by atoms with Crippen molar-refractivity contribution in [2.75, 3.05) is 0 Å². The Balaban J connectivity index is 1.65. The fourth-order valence-corrected chi connectivity index (χ4v) is 4.14. The van der Waals surface area contributed by atoms with Crippen molar-refractivity contribution in [3.63, 3.8) is 0 Å². The van der Waals surface area contributed by atoms with Gasteiger partial charge in [-0.25, -0.2) is 0 Å². The van der Waals surface area contributed by atoms with Crippen LogP contribution in [0.4, 0.5) is 0 Å². The van der Waals surface area contributed by atoms with Gasteiger partial charge in [-0.3, -0.25) is 4.79 Å². The largest absolute Gasteiger partial charge is 0.385 e. The molecule has 0 heterocycles. The third kappa shape index (κ3) is 3.37. The number of rotatable bonds is 4. The molecular weight excluding hydrogens is 260 g/mol. The first-order chi connectivity index (χ1) is 10.3. The Kier molecular flexibility index (Phi) is 4.74. The Hall–Kier alpha value is -1.15. The van der Waals surface area contributed by atoms with Crippen LogP contribution < -0.4 is 0 Å². The Morgan fingerprint density at radius 1 is 1.10 bits per heavy atom. The summed E-state index contributed by atoms with van der Waals surface area (Å²) < 4.78 is 0. The molecule has 2 heteroatoms. The monoisotopic (exact) mass is 286 g/mol. The number of aliphatic hydroxyl groups is 1. The van der Waals surface area contributed by atoms with E-state index in [0.29, 0.717) is 12.3 Å². The third-order valence-corrected chi connectivity index (χ3v) is 5.37. The minimum atomic E-state index is -0.723. The lowest BCUT2D eigenvalue weighted by Gasteiger charge is -2.29. The van der Waals surface area contributed by atoms with Crippen LogP contribution in [-0.4, -0.2) is 17.0 Å². The molecule has 3 rings (SSSR count). The number of aryl methyl sites for hydroxylation is 1. The zero-order chi connectivity index (χ0) is 14.7. The van der Waals surface area contributed by atoms with Crippen molar-refractivity contribution in [1.82, 2.24) is 0 Å². The average Bonchev–Trinajstić information content (AvgIpc) is 2.55. The van der Waals surface area contributed by atoms with E-state index in [9.17, 15) is 9.90 Å². The second-order valence-electron chi connectivity index (χ2n) is 6.80. The fraction of sp³-hybridized carbons (Fsp3) is 0.632. The van der Waals surface area contributed by atoms with E-state index in [2.05, 4.69) is 24.3 Å². The molecule has 1 fully saturated rings. The van der Waals surface area contributed by atoms with E-state index < -0.39 is 6.10 Å². The predicted octanol–water partition coefficient (Wildman–Crippen LogP) is 4.01. The first kappa shape index (κ1) is 14.8. The summed E-state index contributed by atoms with van der Waals surface area (Å²) in [5.41, 5.74) is 2.74. The molecule has 2 aliphatic rings. The number of fused-ring (bicyclic) bond motifs is 1. The molecule has 0 aliphatic heterocycles. The Morgan fingerprint density at radius 2 is 1.86 bits per heavy atom. The van der Waals surface area contributed by atoms with Crippen LogP contribution in [0.2, 0.25) is 0 Å². The number of hydrogen-bond donors (Lipinski definition) is 1. The number of aliphatic hydroxyl groups excluding tert-OH is 1. The van der Waals surface area contributed by atoms with Gasteiger partial charge in [0.25, 0.3) is 0 Å². The summed E-state index contributed by atoms with van der Waals surface area (Å²) in [7, 11) is 0. The van der Waals surface area contributed by atoms with E-state index in [4.69, 9.17) is 0 Å². The van der Waals surface area contributed by atoms with Gasteiger partial charge in [0.15, 0.2) is 5.78 Å². The molecule has 2 aliphatic carbocycles. The number of Topliss-reactive ketones (excluding diaryl/α,β-unsaturated/α-hetero) is 1. The quantitative estimate of drug-likeness (QED) is 0.908. The molecule has 0 radical (unpaired) electrons. The molecule has 0 amide bonds. The zero-order valence-corrected chi connectivity index (χ0v) is 12.8. The van der Waals surface area contributed by atoms with E-state index in [0.717, 1.165) is 32.1 Å². The van der Waals surface area contributed by atoms with Crippen molar-refractivity contribution >= 4 is 5.78 Å². The third-order valence-electron chi connectivity index (χ3n) is 5.37. The number of ketones is 1. The Labute approximate surface area is 127 Å². The van der Waals surface area contributed by atoms with Crippen LogP contribution in [0, 0.1) is 5.92 Å². The molecule has 1 N–H and O–H groups in total. The van der Waals surface area contributed by atoms with E-state index in [1.54, 1.807) is 0 Å². The van der Waals surface area contributed by atoms with Crippen LogP contribution in [-0.2, 0) is 11.2 Å². The SMILES string of the molecule is O=C(CC1CCCc2ccccc21)C(O)C1CCCCC1. The maximum Gasteiger partial charge on any atom is 0.162 e. The van der Waals surface area contributed by atoms with Gasteiger partial charge in [0.2, 0.25) is 0 Å². The number of carbonyl (C=O) groups is 1. The van der Waals surface area contributed by atoms with Crippen molar-refractivity contribution in [3.8, 4) is 0 Å². The van der Waals surface area contributed by atoms with Crippen LogP contribution in [0.15, 0.2) is 24.3 Å². The van der Waals surface area contributed by atoms with Gasteiger partial charge in [-0.1, -0.05) is 43.5 Å². The standard InChI is InChI=1S/C19H26O2/c20-18(19(21)15-8-2-1-3-9-15)13-16-11-6-10-14-7-4-5-12-17(14)16/h4-5,7,12,15-16,19,21H,1-3,6,8-11,13H2. The summed E-state index contributed by atoms with van der Waals surface area (Å²) in [4.78, 5) is 12.5. The van der Waals surface area contributed by atoms with Gasteiger partial charge in [0.05, 0.1) is 0 Å². The zero-order valence-electron chi connectivity index (χ0n) is 12.8. The maximum atomic E-state index is 12.5. The first-order valence-corrected chi connectivity index (χ1v) is 8.54. The minimum Gasteiger partial charge on any atom is -0.385 e. The fourth-order valence-electron chi connectivity index (χ4n) is 4.14. The lowest BCUT2D eigenvalue weighted by Crippen LogP contribution is -2.32. The maximum absolute atomic E-state index is 12.5. The summed E-state index contributed by atoms with van der Waals surface area (Å²) in [5, 5.41) is 10.4.